The SMILES string of the molecule is N#Cc1ccc(-n2c3ccc(-c4ccccc4)cc3c3cc(-c4ccccc4)ccc32)c(-c2nc(-c3ccccc3)nc(-c3cc(-c4cccc(-n5c6ccc(-c7ccccc7)cc6c6cc(-c7ccccc7)ccc65)c4C#N)ccc3-n3c4ccc(-c5ccccc5)cc4c4cc(-c5ccccc5)ccc43)n2)c1. The van der Waals surface area contributed by atoms with E-state index in [2.05, 4.69) is 329 Å². The van der Waals surface area contributed by atoms with Crippen molar-refractivity contribution in [2.45, 2.75) is 0 Å². The molecule has 0 bridgehead atoms. The maximum Gasteiger partial charge on any atom is 0.166 e. The number of hydrogen-bond donors (Lipinski definition) is 0. The van der Waals surface area contributed by atoms with Crippen molar-refractivity contribution in [2.75, 3.05) is 0 Å². The number of benzene rings is 16. The molecule has 0 radical (unpaired) electrons. The monoisotopic (exact) mass is 1390 g/mol. The molecule has 20 aromatic rings. The maximum absolute atomic E-state index is 12.0. The van der Waals surface area contributed by atoms with E-state index in [1.54, 1.807) is 0 Å². The number of aromatic nitrogens is 6. The van der Waals surface area contributed by atoms with E-state index >= 15 is 0 Å². The third kappa shape index (κ3) is 11.1. The molecule has 0 aliphatic carbocycles. The Balaban J connectivity index is 0.848. The first-order valence-electron chi connectivity index (χ1n) is 36.6. The van der Waals surface area contributed by atoms with Crippen LogP contribution in [0, 0.1) is 22.7 Å². The third-order valence-electron chi connectivity index (χ3n) is 21.4. The Hall–Kier alpha value is -15.1. The zero-order valence-electron chi connectivity index (χ0n) is 58.9. The lowest BCUT2D eigenvalue weighted by molar-refractivity contribution is 1.06. The molecular weight excluding hydrogens is 1330 g/mol. The molecule has 0 amide bonds. The Morgan fingerprint density at radius 1 is 0.193 bits per heavy atom. The second-order valence-electron chi connectivity index (χ2n) is 27.7. The van der Waals surface area contributed by atoms with Gasteiger partial charge in [-0.2, -0.15) is 10.5 Å². The average molecular weight is 1390 g/mol. The molecule has 0 fully saturated rings. The number of nitrogens with zero attached hydrogens (tertiary/aromatic N) is 8. The predicted octanol–water partition coefficient (Wildman–Crippen LogP) is 25.6. The van der Waals surface area contributed by atoms with Gasteiger partial charge in [0.2, 0.25) is 0 Å². The fraction of sp³-hybridized carbons (Fsp3) is 0. The van der Waals surface area contributed by atoms with Crippen molar-refractivity contribution in [1.29, 1.82) is 10.5 Å². The van der Waals surface area contributed by atoms with Gasteiger partial charge < -0.3 is 13.7 Å². The second kappa shape index (κ2) is 26.6. The van der Waals surface area contributed by atoms with Crippen molar-refractivity contribution < 1.29 is 0 Å². The molecule has 8 heteroatoms. The summed E-state index contributed by atoms with van der Waals surface area (Å²) in [7, 11) is 0. The van der Waals surface area contributed by atoms with Crippen LogP contribution in [-0.4, -0.2) is 28.7 Å². The molecule has 4 heterocycles. The van der Waals surface area contributed by atoms with Gasteiger partial charge in [0, 0.05) is 54.6 Å². The van der Waals surface area contributed by atoms with E-state index in [-0.39, 0.29) is 0 Å². The predicted molar refractivity (Wildman–Crippen MR) is 447 cm³/mol. The molecule has 0 N–H and O–H groups in total. The van der Waals surface area contributed by atoms with Crippen LogP contribution in [0.1, 0.15) is 11.1 Å². The molecule has 16 aromatic carbocycles. The molecule has 0 saturated heterocycles. The van der Waals surface area contributed by atoms with Crippen molar-refractivity contribution in [3.63, 3.8) is 0 Å². The van der Waals surface area contributed by atoms with Gasteiger partial charge in [-0.15, -0.1) is 0 Å². The van der Waals surface area contributed by atoms with E-state index in [4.69, 9.17) is 15.0 Å². The van der Waals surface area contributed by atoms with Gasteiger partial charge in [0.15, 0.2) is 17.5 Å². The Morgan fingerprint density at radius 2 is 0.477 bits per heavy atom. The van der Waals surface area contributed by atoms with Crippen molar-refractivity contribution >= 4 is 65.4 Å². The fourth-order valence-corrected chi connectivity index (χ4v) is 16.2. The quantitative estimate of drug-likeness (QED) is 0.114. The number of hydrogen-bond acceptors (Lipinski definition) is 5. The minimum Gasteiger partial charge on any atom is -0.308 e. The van der Waals surface area contributed by atoms with E-state index in [0.29, 0.717) is 39.7 Å². The molecule has 20 rings (SSSR count). The zero-order valence-corrected chi connectivity index (χ0v) is 58.9. The first-order chi connectivity index (χ1) is 53.9. The van der Waals surface area contributed by atoms with E-state index in [9.17, 15) is 10.5 Å². The molecule has 109 heavy (non-hydrogen) atoms. The summed E-state index contributed by atoms with van der Waals surface area (Å²) in [6, 6.07) is 137. The van der Waals surface area contributed by atoms with Crippen LogP contribution in [0.4, 0.5) is 0 Å². The Morgan fingerprint density at radius 3 is 0.798 bits per heavy atom. The zero-order chi connectivity index (χ0) is 72.5. The van der Waals surface area contributed by atoms with Crippen molar-refractivity contribution in [3.05, 3.63) is 387 Å². The third-order valence-corrected chi connectivity index (χ3v) is 21.4. The van der Waals surface area contributed by atoms with Crippen LogP contribution in [0.5, 0.6) is 0 Å². The van der Waals surface area contributed by atoms with Gasteiger partial charge >= 0.3 is 0 Å². The van der Waals surface area contributed by atoms with Crippen LogP contribution in [0.25, 0.3) is 195 Å². The molecule has 506 valence electrons. The summed E-state index contributed by atoms with van der Waals surface area (Å²) in [5.74, 6) is 1.18. The van der Waals surface area contributed by atoms with Crippen molar-refractivity contribution in [2.24, 2.45) is 0 Å². The van der Waals surface area contributed by atoms with Crippen molar-refractivity contribution in [3.8, 4) is 141 Å². The highest BCUT2D eigenvalue weighted by Crippen LogP contribution is 2.46. The number of fused-ring (bicyclic) bond motifs is 9. The van der Waals surface area contributed by atoms with E-state index in [0.717, 1.165) is 166 Å². The molecule has 0 unspecified atom stereocenters. The molecule has 0 aliphatic heterocycles. The van der Waals surface area contributed by atoms with Crippen LogP contribution in [0.2, 0.25) is 0 Å². The second-order valence-corrected chi connectivity index (χ2v) is 27.7. The summed E-state index contributed by atoms with van der Waals surface area (Å²) in [4.78, 5) is 16.9. The maximum atomic E-state index is 12.0. The molecule has 0 atom stereocenters. The highest BCUT2D eigenvalue weighted by atomic mass is 15.1. The normalized spacial score (nSPS) is 11.5. The molecule has 0 spiro atoms. The van der Waals surface area contributed by atoms with Crippen LogP contribution >= 0.6 is 0 Å². The Kier molecular flexibility index (Phi) is 15.5. The van der Waals surface area contributed by atoms with Crippen LogP contribution < -0.4 is 0 Å². The molecular formula is C101H62N8. The number of rotatable bonds is 13. The first kappa shape index (κ1) is 63.6. The standard InChI is InChI=1S/C101H62N8/c102-63-65-39-47-97(108-93-50-42-75(68-27-12-3-13-28-68)58-83(93)84-59-76(43-51-94(84)108)69-29-14-4-15-30-69)87(55-65)100-104-99(72-35-20-7-21-36-72)105-101(106-100)88-62-79(46-54-98(88)109-95-52-44-77(70-31-16-5-17-32-70)60-85(95)86-61-78(45-53-96(86)109)71-33-18-6-19-34-71)80-37-22-38-90(89(80)64-103)107-91-48-40-73(66-23-8-1-9-24-66)56-81(91)82-57-74(41-49-92(82)107)67-25-10-2-11-26-67/h1-62H. The summed E-state index contributed by atoms with van der Waals surface area (Å²) < 4.78 is 6.90. The average Bonchev–Trinajstić information content (AvgIpc) is 1.63. The van der Waals surface area contributed by atoms with E-state index in [1.807, 2.05) is 72.8 Å². The highest BCUT2D eigenvalue weighted by Gasteiger charge is 2.27. The van der Waals surface area contributed by atoms with Crippen molar-refractivity contribution in [1.82, 2.24) is 28.7 Å². The van der Waals surface area contributed by atoms with E-state index in [1.165, 1.54) is 0 Å². The van der Waals surface area contributed by atoms with Crippen LogP contribution in [0.15, 0.2) is 376 Å². The minimum atomic E-state index is 0.364. The smallest absolute Gasteiger partial charge is 0.166 e. The van der Waals surface area contributed by atoms with Gasteiger partial charge in [-0.3, -0.25) is 0 Å². The fourth-order valence-electron chi connectivity index (χ4n) is 16.2. The van der Waals surface area contributed by atoms with Gasteiger partial charge in [0.25, 0.3) is 0 Å². The van der Waals surface area contributed by atoms with Gasteiger partial charge in [-0.25, -0.2) is 15.0 Å². The molecule has 0 aliphatic rings. The Bertz CT molecular complexity index is 6780. The summed E-state index contributed by atoms with van der Waals surface area (Å²) in [6.45, 7) is 0. The van der Waals surface area contributed by atoms with Gasteiger partial charge in [0.05, 0.1) is 67.4 Å². The number of nitriles is 2. The van der Waals surface area contributed by atoms with Crippen LogP contribution in [0.3, 0.4) is 0 Å². The summed E-state index contributed by atoms with van der Waals surface area (Å²) >= 11 is 0. The molecule has 0 saturated carbocycles. The molecule has 8 nitrogen and oxygen atoms in total. The first-order valence-corrected chi connectivity index (χ1v) is 36.6. The summed E-state index contributed by atoms with van der Waals surface area (Å²) in [5, 5.41) is 29.5. The largest absolute Gasteiger partial charge is 0.308 e. The van der Waals surface area contributed by atoms with Gasteiger partial charge in [-0.1, -0.05) is 267 Å². The minimum absolute atomic E-state index is 0.364. The summed E-state index contributed by atoms with van der Waals surface area (Å²) in [5.41, 5.74) is 26.0. The topological polar surface area (TPSA) is 101 Å². The lowest BCUT2D eigenvalue weighted by Crippen LogP contribution is -2.06. The van der Waals surface area contributed by atoms with E-state index < -0.39 is 0 Å². The van der Waals surface area contributed by atoms with Gasteiger partial charge in [-0.05, 0) is 182 Å². The highest BCUT2D eigenvalue weighted by molar-refractivity contribution is 6.15. The molecule has 4 aromatic heterocycles. The lowest BCUT2D eigenvalue weighted by atomic mass is 9.95. The van der Waals surface area contributed by atoms with Crippen LogP contribution in [-0.2, 0) is 0 Å². The Labute approximate surface area is 629 Å². The summed E-state index contributed by atoms with van der Waals surface area (Å²) in [6.07, 6.45) is 0. The lowest BCUT2D eigenvalue weighted by Gasteiger charge is -2.19. The van der Waals surface area contributed by atoms with Gasteiger partial charge in [0.1, 0.15) is 6.07 Å².